The zero-order valence-corrected chi connectivity index (χ0v) is 9.47. The quantitative estimate of drug-likeness (QED) is 0.766. The van der Waals surface area contributed by atoms with Crippen LogP contribution in [0, 0.1) is 28.1 Å². The van der Waals surface area contributed by atoms with Crippen LogP contribution in [0.4, 0.5) is 0 Å². The van der Waals surface area contributed by atoms with Crippen molar-refractivity contribution >= 4 is 5.91 Å². The molecule has 2 saturated carbocycles. The highest BCUT2D eigenvalue weighted by atomic mass is 16.2. The predicted octanol–water partition coefficient (Wildman–Crippen LogP) is 1.84. The smallest absolute Gasteiger partial charge is 0.240 e. The summed E-state index contributed by atoms with van der Waals surface area (Å²) in [5, 5.41) is 12.0. The summed E-state index contributed by atoms with van der Waals surface area (Å²) in [4.78, 5) is 11.9. The van der Waals surface area contributed by atoms with Crippen LogP contribution < -0.4 is 5.32 Å². The molecule has 0 aromatic carbocycles. The Morgan fingerprint density at radius 3 is 2.53 bits per heavy atom. The Morgan fingerprint density at radius 2 is 2.13 bits per heavy atom. The van der Waals surface area contributed by atoms with Gasteiger partial charge in [-0.15, -0.1) is 0 Å². The zero-order chi connectivity index (χ0) is 11.1. The maximum Gasteiger partial charge on any atom is 0.240 e. The van der Waals surface area contributed by atoms with Gasteiger partial charge >= 0.3 is 0 Å². The first kappa shape index (κ1) is 10.5. The van der Waals surface area contributed by atoms with E-state index in [2.05, 4.69) is 25.2 Å². The molecule has 2 rings (SSSR count). The summed E-state index contributed by atoms with van der Waals surface area (Å²) >= 11 is 0. The zero-order valence-electron chi connectivity index (χ0n) is 9.47. The number of hydrogen-bond donors (Lipinski definition) is 1. The summed E-state index contributed by atoms with van der Waals surface area (Å²) in [7, 11) is 0. The third-order valence-corrected chi connectivity index (χ3v) is 3.82. The molecule has 0 radical (unpaired) electrons. The number of hydrogen-bond acceptors (Lipinski definition) is 2. The molecular formula is C12H18N2O. The Labute approximate surface area is 90.8 Å². The van der Waals surface area contributed by atoms with Gasteiger partial charge in [0.2, 0.25) is 5.91 Å². The van der Waals surface area contributed by atoms with Crippen molar-refractivity contribution in [3.8, 4) is 6.07 Å². The van der Waals surface area contributed by atoms with Gasteiger partial charge in [-0.25, -0.2) is 0 Å². The van der Waals surface area contributed by atoms with Crippen molar-refractivity contribution in [1.29, 1.82) is 5.26 Å². The second kappa shape index (κ2) is 3.23. The number of carbonyl (C=O) groups excluding carboxylic acids is 1. The topological polar surface area (TPSA) is 52.9 Å². The summed E-state index contributed by atoms with van der Waals surface area (Å²) in [6, 6.07) is 2.19. The van der Waals surface area contributed by atoms with Gasteiger partial charge in [0.25, 0.3) is 0 Å². The summed E-state index contributed by atoms with van der Waals surface area (Å²) in [6.45, 7) is 5.00. The minimum absolute atomic E-state index is 0.0452. The largest absolute Gasteiger partial charge is 0.354 e. The lowest BCUT2D eigenvalue weighted by atomic mass is 9.63. The van der Waals surface area contributed by atoms with Gasteiger partial charge in [-0.05, 0) is 37.0 Å². The van der Waals surface area contributed by atoms with Crippen molar-refractivity contribution in [3.05, 3.63) is 0 Å². The summed E-state index contributed by atoms with van der Waals surface area (Å²) in [5.74, 6) is 0.475. The molecule has 15 heavy (non-hydrogen) atoms. The van der Waals surface area contributed by atoms with Gasteiger partial charge in [-0.1, -0.05) is 13.8 Å². The molecule has 0 aliphatic heterocycles. The van der Waals surface area contributed by atoms with Crippen LogP contribution in [-0.2, 0) is 4.79 Å². The average molecular weight is 206 g/mol. The monoisotopic (exact) mass is 206 g/mol. The van der Waals surface area contributed by atoms with Crippen molar-refractivity contribution in [2.24, 2.45) is 16.7 Å². The molecule has 3 nitrogen and oxygen atoms in total. The van der Waals surface area contributed by atoms with Crippen LogP contribution in [0.25, 0.3) is 0 Å². The molecule has 2 aliphatic carbocycles. The summed E-state index contributed by atoms with van der Waals surface area (Å²) < 4.78 is 0. The first-order valence-corrected chi connectivity index (χ1v) is 5.69. The molecule has 0 spiro atoms. The molecule has 1 amide bonds. The van der Waals surface area contributed by atoms with Gasteiger partial charge in [0.1, 0.15) is 5.41 Å². The number of amides is 1. The Bertz CT molecular complexity index is 319. The summed E-state index contributed by atoms with van der Waals surface area (Å²) in [6.07, 6.45) is 3.85. The molecule has 0 aromatic heterocycles. The Balaban J connectivity index is 1.87. The van der Waals surface area contributed by atoms with Gasteiger partial charge in [0, 0.05) is 6.54 Å². The lowest BCUT2D eigenvalue weighted by Crippen LogP contribution is -2.49. The molecule has 2 fully saturated rings. The number of nitriles is 1. The standard InChI is InChI=1S/C12H18N2O/c1-9-5-12(6-9,7-13)10(15)14-8-11(2)3-4-11/h9H,3-6,8H2,1-2H3,(H,14,15). The van der Waals surface area contributed by atoms with E-state index in [9.17, 15) is 4.79 Å². The first-order valence-electron chi connectivity index (χ1n) is 5.69. The molecule has 0 bridgehead atoms. The number of rotatable bonds is 3. The highest BCUT2D eigenvalue weighted by Crippen LogP contribution is 2.47. The molecular weight excluding hydrogens is 188 g/mol. The molecule has 0 atom stereocenters. The van der Waals surface area contributed by atoms with Crippen LogP contribution in [0.2, 0.25) is 0 Å². The Morgan fingerprint density at radius 1 is 1.53 bits per heavy atom. The van der Waals surface area contributed by atoms with Crippen LogP contribution in [-0.4, -0.2) is 12.5 Å². The van der Waals surface area contributed by atoms with Crippen molar-refractivity contribution in [3.63, 3.8) is 0 Å². The molecule has 0 aromatic rings. The number of carbonyl (C=O) groups is 1. The van der Waals surface area contributed by atoms with Gasteiger partial charge in [-0.3, -0.25) is 4.79 Å². The highest BCUT2D eigenvalue weighted by Gasteiger charge is 2.49. The highest BCUT2D eigenvalue weighted by molar-refractivity contribution is 5.86. The normalized spacial score (nSPS) is 36.2. The lowest BCUT2D eigenvalue weighted by Gasteiger charge is -2.39. The minimum atomic E-state index is -0.704. The van der Waals surface area contributed by atoms with Crippen LogP contribution in [0.5, 0.6) is 0 Å². The fourth-order valence-corrected chi connectivity index (χ4v) is 2.31. The SMILES string of the molecule is CC1CC(C#N)(C(=O)NCC2(C)CC2)C1. The van der Waals surface area contributed by atoms with Crippen molar-refractivity contribution in [2.75, 3.05) is 6.54 Å². The third kappa shape index (κ3) is 1.86. The average Bonchev–Trinajstić information content (AvgIpc) is 2.88. The third-order valence-electron chi connectivity index (χ3n) is 3.82. The molecule has 3 heteroatoms. The Kier molecular flexibility index (Phi) is 2.26. The van der Waals surface area contributed by atoms with Crippen molar-refractivity contribution in [2.45, 2.75) is 39.5 Å². The number of nitrogens with one attached hydrogen (secondary N) is 1. The first-order chi connectivity index (χ1) is 7.00. The van der Waals surface area contributed by atoms with E-state index >= 15 is 0 Å². The van der Waals surface area contributed by atoms with E-state index in [0.29, 0.717) is 11.3 Å². The maximum absolute atomic E-state index is 11.9. The van der Waals surface area contributed by atoms with Gasteiger partial charge in [0.05, 0.1) is 6.07 Å². The van der Waals surface area contributed by atoms with Crippen molar-refractivity contribution < 1.29 is 4.79 Å². The molecule has 0 unspecified atom stereocenters. The molecule has 2 aliphatic rings. The van der Waals surface area contributed by atoms with E-state index in [1.54, 1.807) is 0 Å². The van der Waals surface area contributed by atoms with Gasteiger partial charge in [-0.2, -0.15) is 5.26 Å². The van der Waals surface area contributed by atoms with Crippen LogP contribution in [0.15, 0.2) is 0 Å². The van der Waals surface area contributed by atoms with E-state index in [1.165, 1.54) is 12.8 Å². The van der Waals surface area contributed by atoms with Gasteiger partial charge in [0.15, 0.2) is 0 Å². The molecule has 1 N–H and O–H groups in total. The Hall–Kier alpha value is -1.04. The fourth-order valence-electron chi connectivity index (χ4n) is 2.31. The van der Waals surface area contributed by atoms with E-state index in [4.69, 9.17) is 5.26 Å². The number of nitrogens with zero attached hydrogens (tertiary/aromatic N) is 1. The molecule has 0 saturated heterocycles. The van der Waals surface area contributed by atoms with Gasteiger partial charge < -0.3 is 5.32 Å². The van der Waals surface area contributed by atoms with Crippen LogP contribution in [0.1, 0.15) is 39.5 Å². The minimum Gasteiger partial charge on any atom is -0.354 e. The van der Waals surface area contributed by atoms with Crippen molar-refractivity contribution in [1.82, 2.24) is 5.32 Å². The van der Waals surface area contributed by atoms with E-state index in [0.717, 1.165) is 19.4 Å². The van der Waals surface area contributed by atoms with E-state index in [-0.39, 0.29) is 5.91 Å². The summed E-state index contributed by atoms with van der Waals surface area (Å²) in [5.41, 5.74) is -0.383. The molecule has 0 heterocycles. The van der Waals surface area contributed by atoms with Crippen LogP contribution >= 0.6 is 0 Å². The second-order valence-electron chi connectivity index (χ2n) is 5.70. The van der Waals surface area contributed by atoms with E-state index < -0.39 is 5.41 Å². The molecule has 82 valence electrons. The maximum atomic E-state index is 11.9. The predicted molar refractivity (Wildman–Crippen MR) is 56.8 cm³/mol. The second-order valence-corrected chi connectivity index (χ2v) is 5.70. The van der Waals surface area contributed by atoms with E-state index in [1.807, 2.05) is 0 Å². The fraction of sp³-hybridized carbons (Fsp3) is 0.833. The lowest BCUT2D eigenvalue weighted by molar-refractivity contribution is -0.134. The van der Waals surface area contributed by atoms with Crippen LogP contribution in [0.3, 0.4) is 0 Å².